The summed E-state index contributed by atoms with van der Waals surface area (Å²) in [5.41, 5.74) is 4.19. The molecule has 34 heavy (non-hydrogen) atoms. The highest BCUT2D eigenvalue weighted by molar-refractivity contribution is 14.1. The first kappa shape index (κ1) is 26.4. The lowest BCUT2D eigenvalue weighted by atomic mass is 9.86. The van der Waals surface area contributed by atoms with Crippen molar-refractivity contribution in [1.29, 1.82) is 0 Å². The molecule has 6 nitrogen and oxygen atoms in total. The number of halogens is 2. The number of hydrogen-bond donors (Lipinski definition) is 0. The van der Waals surface area contributed by atoms with Gasteiger partial charge in [-0.05, 0) is 98.5 Å². The molecule has 0 saturated heterocycles. The largest absolute Gasteiger partial charge is 0.492 e. The Labute approximate surface area is 213 Å². The molecule has 8 heteroatoms. The van der Waals surface area contributed by atoms with Gasteiger partial charge in [0.05, 0.1) is 38.0 Å². The molecule has 0 fully saturated rings. The number of para-hydroxylation sites is 1. The zero-order valence-corrected chi connectivity index (χ0v) is 22.8. The number of methoxy groups -OCH3 is 1. The van der Waals surface area contributed by atoms with E-state index in [4.69, 9.17) is 14.2 Å². The van der Waals surface area contributed by atoms with Crippen molar-refractivity contribution in [2.75, 3.05) is 18.6 Å². The van der Waals surface area contributed by atoms with Crippen LogP contribution in [0.1, 0.15) is 61.6 Å². The van der Waals surface area contributed by atoms with E-state index in [9.17, 15) is 14.0 Å². The summed E-state index contributed by atoms with van der Waals surface area (Å²) in [6.45, 7) is 11.8. The Morgan fingerprint density at radius 3 is 2.47 bits per heavy atom. The number of carbonyl (C=O) groups is 2. The standard InChI is InChI=1S/C26H31FINO5/c1-8-33-25(31)24(34-26(4,5)6)21-14(2)16-12-20(30)29(13-17(16)15(3)22(21)28)19-11-9-10-18(27)23(19)32-7/h9-11,24H,8,12-13H2,1-7H3/t24-/m0/s1. The van der Waals surface area contributed by atoms with Crippen LogP contribution in [0.15, 0.2) is 18.2 Å². The Balaban J connectivity index is 2.15. The van der Waals surface area contributed by atoms with E-state index in [1.807, 2.05) is 34.6 Å². The summed E-state index contributed by atoms with van der Waals surface area (Å²) in [6.07, 6.45) is -0.788. The Morgan fingerprint density at radius 1 is 1.21 bits per heavy atom. The highest BCUT2D eigenvalue weighted by Crippen LogP contribution is 2.41. The quantitative estimate of drug-likeness (QED) is 0.329. The van der Waals surface area contributed by atoms with Gasteiger partial charge in [-0.25, -0.2) is 9.18 Å². The van der Waals surface area contributed by atoms with Gasteiger partial charge in [0.1, 0.15) is 0 Å². The smallest absolute Gasteiger partial charge is 0.340 e. The molecular formula is C26H31FINO5. The van der Waals surface area contributed by atoms with Gasteiger partial charge in [-0.1, -0.05) is 6.07 Å². The van der Waals surface area contributed by atoms with Crippen molar-refractivity contribution >= 4 is 40.2 Å². The molecule has 0 aliphatic carbocycles. The first-order valence-electron chi connectivity index (χ1n) is 11.2. The second-order valence-corrected chi connectivity index (χ2v) is 10.3. The van der Waals surface area contributed by atoms with Crippen molar-refractivity contribution in [2.24, 2.45) is 0 Å². The van der Waals surface area contributed by atoms with E-state index in [0.29, 0.717) is 5.69 Å². The molecule has 1 aliphatic heterocycles. The summed E-state index contributed by atoms with van der Waals surface area (Å²) in [5, 5.41) is 0. The van der Waals surface area contributed by atoms with Crippen molar-refractivity contribution in [1.82, 2.24) is 0 Å². The van der Waals surface area contributed by atoms with Gasteiger partial charge >= 0.3 is 5.97 Å². The minimum Gasteiger partial charge on any atom is -0.492 e. The Kier molecular flexibility index (Phi) is 7.92. The van der Waals surface area contributed by atoms with Crippen LogP contribution < -0.4 is 9.64 Å². The number of esters is 1. The first-order valence-corrected chi connectivity index (χ1v) is 12.3. The van der Waals surface area contributed by atoms with Crippen molar-refractivity contribution in [3.63, 3.8) is 0 Å². The summed E-state index contributed by atoms with van der Waals surface area (Å²) in [6, 6.07) is 4.55. The lowest BCUT2D eigenvalue weighted by molar-refractivity contribution is -0.167. The molecule has 0 radical (unpaired) electrons. The monoisotopic (exact) mass is 583 g/mol. The number of fused-ring (bicyclic) bond motifs is 1. The maximum Gasteiger partial charge on any atom is 0.340 e. The van der Waals surface area contributed by atoms with Gasteiger partial charge in [-0.15, -0.1) is 0 Å². The topological polar surface area (TPSA) is 65.1 Å². The fraction of sp³-hybridized carbons (Fsp3) is 0.462. The summed E-state index contributed by atoms with van der Waals surface area (Å²) in [4.78, 5) is 27.7. The van der Waals surface area contributed by atoms with Crippen molar-refractivity contribution in [3.8, 4) is 5.75 Å². The fourth-order valence-corrected chi connectivity index (χ4v) is 5.31. The summed E-state index contributed by atoms with van der Waals surface area (Å²) in [7, 11) is 1.39. The molecule has 0 bridgehead atoms. The zero-order valence-electron chi connectivity index (χ0n) is 20.7. The maximum absolute atomic E-state index is 14.3. The number of nitrogens with zero attached hydrogens (tertiary/aromatic N) is 1. The minimum absolute atomic E-state index is 0.0425. The first-order chi connectivity index (χ1) is 15.9. The molecule has 184 valence electrons. The fourth-order valence-electron chi connectivity index (χ4n) is 4.30. The summed E-state index contributed by atoms with van der Waals surface area (Å²) < 4.78 is 32.0. The van der Waals surface area contributed by atoms with Crippen molar-refractivity contribution in [2.45, 2.75) is 66.2 Å². The molecule has 2 aromatic rings. The number of carbonyl (C=O) groups excluding carboxylic acids is 2. The lowest BCUT2D eigenvalue weighted by Crippen LogP contribution is -2.38. The third-order valence-electron chi connectivity index (χ3n) is 5.86. The minimum atomic E-state index is -0.910. The molecule has 0 aromatic heterocycles. The molecule has 0 spiro atoms. The van der Waals surface area contributed by atoms with Gasteiger partial charge in [-0.2, -0.15) is 0 Å². The second kappa shape index (κ2) is 10.2. The van der Waals surface area contributed by atoms with Crippen LogP contribution in [-0.4, -0.2) is 31.2 Å². The Hall–Kier alpha value is -2.20. The van der Waals surface area contributed by atoms with Crippen LogP contribution in [0.25, 0.3) is 0 Å². The molecule has 0 unspecified atom stereocenters. The van der Waals surface area contributed by atoms with Crippen molar-refractivity contribution < 1.29 is 28.2 Å². The molecule has 1 amide bonds. The Bertz CT molecular complexity index is 1130. The number of anilines is 1. The number of benzene rings is 2. The van der Waals surface area contributed by atoms with Crippen LogP contribution in [0.4, 0.5) is 10.1 Å². The predicted molar refractivity (Wildman–Crippen MR) is 137 cm³/mol. The molecule has 0 N–H and O–H groups in total. The van der Waals surface area contributed by atoms with Gasteiger partial charge in [0.25, 0.3) is 0 Å². The second-order valence-electron chi connectivity index (χ2n) is 9.25. The van der Waals surface area contributed by atoms with Crippen LogP contribution in [0.3, 0.4) is 0 Å². The van der Waals surface area contributed by atoms with Gasteiger partial charge in [-0.3, -0.25) is 4.79 Å². The number of ether oxygens (including phenoxy) is 3. The van der Waals surface area contributed by atoms with Crippen LogP contribution in [0.2, 0.25) is 0 Å². The number of hydrogen-bond acceptors (Lipinski definition) is 5. The SMILES string of the molecule is CCOC(=O)[C@@H](OC(C)(C)C)c1c(C)c2c(c(C)c1I)CN(c1cccc(F)c1OC)C(=O)C2. The average Bonchev–Trinajstić information content (AvgIpc) is 2.76. The molecule has 1 atom stereocenters. The van der Waals surface area contributed by atoms with E-state index in [2.05, 4.69) is 22.6 Å². The normalized spacial score (nSPS) is 14.6. The molecule has 1 aliphatic rings. The lowest BCUT2D eigenvalue weighted by Gasteiger charge is -2.35. The zero-order chi connectivity index (χ0) is 25.4. The third-order valence-corrected chi connectivity index (χ3v) is 7.25. The van der Waals surface area contributed by atoms with E-state index >= 15 is 0 Å². The van der Waals surface area contributed by atoms with Gasteiger partial charge in [0.15, 0.2) is 17.7 Å². The van der Waals surface area contributed by atoms with Crippen LogP contribution in [-0.2, 0) is 32.0 Å². The van der Waals surface area contributed by atoms with E-state index in [1.54, 1.807) is 24.0 Å². The summed E-state index contributed by atoms with van der Waals surface area (Å²) in [5.74, 6) is -1.10. The molecule has 1 heterocycles. The molecule has 2 aromatic carbocycles. The average molecular weight is 583 g/mol. The molecular weight excluding hydrogens is 552 g/mol. The number of rotatable bonds is 6. The predicted octanol–water partition coefficient (Wildman–Crippen LogP) is 5.56. The van der Waals surface area contributed by atoms with Gasteiger partial charge in [0, 0.05) is 9.13 Å². The molecule has 0 saturated carbocycles. The van der Waals surface area contributed by atoms with E-state index < -0.39 is 23.5 Å². The van der Waals surface area contributed by atoms with E-state index in [0.717, 1.165) is 31.4 Å². The highest BCUT2D eigenvalue weighted by atomic mass is 127. The van der Waals surface area contributed by atoms with Crippen LogP contribution in [0, 0.1) is 23.2 Å². The van der Waals surface area contributed by atoms with Gasteiger partial charge in [0.2, 0.25) is 5.91 Å². The van der Waals surface area contributed by atoms with E-state index in [-0.39, 0.29) is 31.2 Å². The van der Waals surface area contributed by atoms with Crippen LogP contribution >= 0.6 is 22.6 Å². The third kappa shape index (κ3) is 5.07. The maximum atomic E-state index is 14.3. The van der Waals surface area contributed by atoms with Crippen molar-refractivity contribution in [3.05, 3.63) is 55.4 Å². The Morgan fingerprint density at radius 2 is 1.88 bits per heavy atom. The highest BCUT2D eigenvalue weighted by Gasteiger charge is 2.36. The van der Waals surface area contributed by atoms with Crippen LogP contribution in [0.5, 0.6) is 5.75 Å². The van der Waals surface area contributed by atoms with Gasteiger partial charge < -0.3 is 19.1 Å². The molecule has 3 rings (SSSR count). The van der Waals surface area contributed by atoms with E-state index in [1.165, 1.54) is 13.2 Å². The number of amides is 1. The summed E-state index contributed by atoms with van der Waals surface area (Å²) >= 11 is 2.24.